The minimum atomic E-state index is -0.734. The molecule has 4 rings (SSSR count). The maximum atomic E-state index is 15.0. The van der Waals surface area contributed by atoms with Crippen LogP contribution in [0.5, 0.6) is 0 Å². The lowest BCUT2D eigenvalue weighted by atomic mass is 10.1. The van der Waals surface area contributed by atoms with Crippen LogP contribution in [0.1, 0.15) is 21.0 Å². The van der Waals surface area contributed by atoms with E-state index in [9.17, 15) is 9.59 Å². The summed E-state index contributed by atoms with van der Waals surface area (Å²) in [6.07, 6.45) is 12.2. The van der Waals surface area contributed by atoms with E-state index in [-0.39, 0.29) is 28.6 Å². The predicted octanol–water partition coefficient (Wildman–Crippen LogP) is 4.04. The second-order valence-electron chi connectivity index (χ2n) is 6.53. The quantitative estimate of drug-likeness (QED) is 0.590. The zero-order valence-corrected chi connectivity index (χ0v) is 17.6. The predicted molar refractivity (Wildman–Crippen MR) is 123 cm³/mol. The first-order valence-electron chi connectivity index (χ1n) is 9.53. The Labute approximate surface area is 192 Å². The molecular weight excluding hydrogens is 449 g/mol. The third-order valence-corrected chi connectivity index (χ3v) is 4.51. The molecule has 0 aliphatic carbocycles. The van der Waals surface area contributed by atoms with Crippen LogP contribution >= 0.6 is 11.6 Å². The summed E-state index contributed by atoms with van der Waals surface area (Å²) in [6.45, 7) is 0. The summed E-state index contributed by atoms with van der Waals surface area (Å²) in [5.41, 5.74) is -0.106. The van der Waals surface area contributed by atoms with E-state index in [0.29, 0.717) is 5.02 Å². The summed E-state index contributed by atoms with van der Waals surface area (Å²) < 4.78 is 15.0. The molecule has 0 unspecified atom stereocenters. The average Bonchev–Trinajstić information content (AvgIpc) is 3.11. The molecule has 3 heterocycles. The van der Waals surface area contributed by atoms with E-state index in [1.54, 1.807) is 30.4 Å². The number of hydrogen-bond donors (Lipinski definition) is 2. The van der Waals surface area contributed by atoms with E-state index in [0.717, 1.165) is 6.07 Å². The van der Waals surface area contributed by atoms with E-state index < -0.39 is 17.6 Å². The Kier molecular flexibility index (Phi) is 6.46. The van der Waals surface area contributed by atoms with E-state index in [4.69, 9.17) is 11.6 Å². The van der Waals surface area contributed by atoms with Gasteiger partial charge in [-0.25, -0.2) is 24.4 Å². The third-order valence-electron chi connectivity index (χ3n) is 4.29. The molecule has 0 spiro atoms. The van der Waals surface area contributed by atoms with Gasteiger partial charge >= 0.3 is 0 Å². The molecule has 11 heteroatoms. The van der Waals surface area contributed by atoms with Gasteiger partial charge in [0.1, 0.15) is 17.3 Å². The number of halogens is 2. The molecule has 0 fully saturated rings. The molecule has 1 aliphatic heterocycles. The molecule has 0 bridgehead atoms. The van der Waals surface area contributed by atoms with Gasteiger partial charge < -0.3 is 10.6 Å². The second-order valence-corrected chi connectivity index (χ2v) is 6.96. The number of amides is 2. The standard InChI is InChI=1S/C22H15ClFN7O2/c23-14-5-6-19(27-13-14)30-21(32)15-11-16(24)18(31-10-3-1-2-9-28-31)12-17(15)29-22(33)20-25-7-4-8-26-20/h1-13H,(H,29,33)(H,27,30,32). The lowest BCUT2D eigenvalue weighted by molar-refractivity contribution is 0.101. The topological polar surface area (TPSA) is 112 Å². The van der Waals surface area contributed by atoms with Crippen LogP contribution < -0.4 is 15.6 Å². The Balaban J connectivity index is 1.72. The molecule has 33 heavy (non-hydrogen) atoms. The molecule has 0 radical (unpaired) electrons. The number of benzene rings is 1. The smallest absolute Gasteiger partial charge is 0.293 e. The highest BCUT2D eigenvalue weighted by molar-refractivity contribution is 6.30. The fraction of sp³-hybridized carbons (Fsp3) is 0. The van der Waals surface area contributed by atoms with Crippen LogP contribution in [0.2, 0.25) is 5.02 Å². The fourth-order valence-electron chi connectivity index (χ4n) is 2.79. The van der Waals surface area contributed by atoms with Gasteiger partial charge in [-0.2, -0.15) is 5.10 Å². The van der Waals surface area contributed by atoms with Gasteiger partial charge in [0.05, 0.1) is 16.3 Å². The van der Waals surface area contributed by atoms with Crippen LogP contribution in [0.25, 0.3) is 0 Å². The van der Waals surface area contributed by atoms with Crippen LogP contribution in [0, 0.1) is 5.82 Å². The molecule has 2 amide bonds. The lowest BCUT2D eigenvalue weighted by Crippen LogP contribution is -2.21. The van der Waals surface area contributed by atoms with Crippen molar-refractivity contribution in [2.75, 3.05) is 15.6 Å². The minimum absolute atomic E-state index is 0.0108. The van der Waals surface area contributed by atoms with Crippen molar-refractivity contribution >= 4 is 46.8 Å². The van der Waals surface area contributed by atoms with Gasteiger partial charge in [-0.1, -0.05) is 17.7 Å². The molecule has 164 valence electrons. The van der Waals surface area contributed by atoms with Gasteiger partial charge in [-0.3, -0.25) is 9.59 Å². The number of carbonyl (C=O) groups is 2. The zero-order chi connectivity index (χ0) is 23.2. The number of allylic oxidation sites excluding steroid dienone is 3. The lowest BCUT2D eigenvalue weighted by Gasteiger charge is -2.18. The van der Waals surface area contributed by atoms with Gasteiger partial charge in [0.15, 0.2) is 0 Å². The first-order valence-corrected chi connectivity index (χ1v) is 9.90. The van der Waals surface area contributed by atoms with Gasteiger partial charge in [-0.05, 0) is 42.5 Å². The van der Waals surface area contributed by atoms with Gasteiger partial charge in [0, 0.05) is 31.0 Å². The molecule has 3 aromatic rings. The number of hydrogen-bond acceptors (Lipinski definition) is 7. The van der Waals surface area contributed by atoms with E-state index in [1.165, 1.54) is 48.1 Å². The van der Waals surface area contributed by atoms with Crippen LogP contribution in [-0.4, -0.2) is 33.0 Å². The van der Waals surface area contributed by atoms with Crippen LogP contribution in [-0.2, 0) is 0 Å². The van der Waals surface area contributed by atoms with E-state index in [2.05, 4.69) is 30.7 Å². The minimum Gasteiger partial charge on any atom is -0.318 e. The molecule has 9 nitrogen and oxygen atoms in total. The molecule has 2 aromatic heterocycles. The van der Waals surface area contributed by atoms with Crippen LogP contribution in [0.4, 0.5) is 21.6 Å². The van der Waals surface area contributed by atoms with Crippen molar-refractivity contribution in [2.24, 2.45) is 5.10 Å². The van der Waals surface area contributed by atoms with Gasteiger partial charge in [-0.15, -0.1) is 0 Å². The summed E-state index contributed by atoms with van der Waals surface area (Å²) in [5.74, 6) is -2.03. The highest BCUT2D eigenvalue weighted by atomic mass is 35.5. The summed E-state index contributed by atoms with van der Waals surface area (Å²) in [7, 11) is 0. The van der Waals surface area contributed by atoms with Crippen molar-refractivity contribution in [2.45, 2.75) is 0 Å². The van der Waals surface area contributed by atoms with Crippen LogP contribution in [0.3, 0.4) is 0 Å². The Bertz CT molecular complexity index is 1260. The molecular formula is C22H15ClFN7O2. The highest BCUT2D eigenvalue weighted by Crippen LogP contribution is 2.29. The average molecular weight is 464 g/mol. The summed E-state index contributed by atoms with van der Waals surface area (Å²) in [6, 6.07) is 6.89. The SMILES string of the molecule is O=C(Nc1cc(N2C=CC=CC=N2)c(F)cc1C(=O)Nc1ccc(Cl)cn1)c1ncccn1. The Morgan fingerprint density at radius 3 is 2.55 bits per heavy atom. The number of rotatable bonds is 5. The Hall–Kier alpha value is -4.44. The van der Waals surface area contributed by atoms with Crippen molar-refractivity contribution in [1.82, 2.24) is 15.0 Å². The number of pyridine rings is 1. The maximum Gasteiger partial charge on any atom is 0.293 e. The zero-order valence-electron chi connectivity index (χ0n) is 16.8. The third kappa shape index (κ3) is 5.25. The van der Waals surface area contributed by atoms with Crippen LogP contribution in [0.15, 0.2) is 78.5 Å². The fourth-order valence-corrected chi connectivity index (χ4v) is 2.90. The van der Waals surface area contributed by atoms with Crippen molar-refractivity contribution < 1.29 is 14.0 Å². The number of hydrazone groups is 1. The van der Waals surface area contributed by atoms with Gasteiger partial charge in [0.2, 0.25) is 5.82 Å². The molecule has 0 saturated carbocycles. The van der Waals surface area contributed by atoms with Crippen molar-refractivity contribution in [3.63, 3.8) is 0 Å². The number of nitrogens with one attached hydrogen (secondary N) is 2. The largest absolute Gasteiger partial charge is 0.318 e. The Morgan fingerprint density at radius 1 is 0.970 bits per heavy atom. The molecule has 0 atom stereocenters. The van der Waals surface area contributed by atoms with Crippen molar-refractivity contribution in [3.05, 3.63) is 95.6 Å². The number of anilines is 3. The van der Waals surface area contributed by atoms with E-state index >= 15 is 4.39 Å². The highest BCUT2D eigenvalue weighted by Gasteiger charge is 2.21. The maximum absolute atomic E-state index is 15.0. The van der Waals surface area contributed by atoms with E-state index in [1.807, 2.05) is 0 Å². The monoisotopic (exact) mass is 463 g/mol. The number of carbonyl (C=O) groups excluding carboxylic acids is 2. The molecule has 0 saturated heterocycles. The van der Waals surface area contributed by atoms with Crippen molar-refractivity contribution in [1.29, 1.82) is 0 Å². The Morgan fingerprint density at radius 2 is 1.79 bits per heavy atom. The number of nitrogens with zero attached hydrogens (tertiary/aromatic N) is 5. The second kappa shape index (κ2) is 9.79. The first-order chi connectivity index (χ1) is 16.0. The molecule has 1 aromatic carbocycles. The summed E-state index contributed by atoms with van der Waals surface area (Å²) in [4.78, 5) is 37.4. The number of aromatic nitrogens is 3. The first kappa shape index (κ1) is 21.8. The van der Waals surface area contributed by atoms with Crippen molar-refractivity contribution in [3.8, 4) is 0 Å². The molecule has 1 aliphatic rings. The summed E-state index contributed by atoms with van der Waals surface area (Å²) in [5, 5.41) is 10.9. The molecule has 2 N–H and O–H groups in total. The van der Waals surface area contributed by atoms with Gasteiger partial charge in [0.25, 0.3) is 11.8 Å². The summed E-state index contributed by atoms with van der Waals surface area (Å²) >= 11 is 5.82. The normalized spacial score (nSPS) is 12.4.